The molecular weight excluding hydrogens is 344 g/mol. The second kappa shape index (κ2) is 8.15. The second-order valence-electron chi connectivity index (χ2n) is 6.24. The fraction of sp³-hybridized carbons (Fsp3) is 0.300. The summed E-state index contributed by atoms with van der Waals surface area (Å²) in [6.45, 7) is 2.18. The summed E-state index contributed by atoms with van der Waals surface area (Å²) in [6.07, 6.45) is 8.84. The molecular formula is C20H20N4OS. The lowest BCUT2D eigenvalue weighted by Crippen LogP contribution is -2.18. The van der Waals surface area contributed by atoms with Gasteiger partial charge >= 0.3 is 0 Å². The Morgan fingerprint density at radius 3 is 2.88 bits per heavy atom. The first-order valence-corrected chi connectivity index (χ1v) is 9.55. The molecule has 1 aromatic carbocycles. The standard InChI is InChI=1S/C20H20N4OS/c1-2-3-4-5-6-15-14(11-21)12-23-17-8-7-13(9-16(15)17)10-18-19(25)24-20(22)26-18/h7-10,12H,2-6H2,1H3,(H2,22,24,25)/b18-10-. The summed E-state index contributed by atoms with van der Waals surface area (Å²) >= 11 is 1.12. The maximum Gasteiger partial charge on any atom is 0.264 e. The van der Waals surface area contributed by atoms with Gasteiger partial charge in [-0.3, -0.25) is 15.2 Å². The Morgan fingerprint density at radius 2 is 2.19 bits per heavy atom. The van der Waals surface area contributed by atoms with Crippen LogP contribution in [0.25, 0.3) is 17.0 Å². The van der Waals surface area contributed by atoms with Crippen molar-refractivity contribution in [3.05, 3.63) is 46.0 Å². The van der Waals surface area contributed by atoms with Gasteiger partial charge in [-0.2, -0.15) is 5.26 Å². The Kier molecular flexibility index (Phi) is 5.69. The van der Waals surface area contributed by atoms with Gasteiger partial charge in [0.25, 0.3) is 5.91 Å². The smallest absolute Gasteiger partial charge is 0.264 e. The lowest BCUT2D eigenvalue weighted by atomic mass is 9.97. The van der Waals surface area contributed by atoms with Crippen molar-refractivity contribution in [2.45, 2.75) is 39.0 Å². The van der Waals surface area contributed by atoms with Crippen LogP contribution in [0.4, 0.5) is 0 Å². The van der Waals surface area contributed by atoms with E-state index in [2.05, 4.69) is 23.3 Å². The number of carbonyl (C=O) groups is 1. The second-order valence-corrected chi connectivity index (χ2v) is 7.30. The first kappa shape index (κ1) is 18.2. The lowest BCUT2D eigenvalue weighted by Gasteiger charge is -2.09. The van der Waals surface area contributed by atoms with E-state index in [9.17, 15) is 10.1 Å². The largest absolute Gasteiger partial charge is 0.301 e. The molecule has 0 unspecified atom stereocenters. The van der Waals surface area contributed by atoms with Crippen LogP contribution in [0.3, 0.4) is 0 Å². The average Bonchev–Trinajstić information content (AvgIpc) is 2.95. The van der Waals surface area contributed by atoms with Gasteiger partial charge in [0, 0.05) is 11.6 Å². The van der Waals surface area contributed by atoms with Gasteiger partial charge in [0.1, 0.15) is 6.07 Å². The Labute approximate surface area is 157 Å². The highest BCUT2D eigenvalue weighted by Gasteiger charge is 2.22. The molecule has 1 fully saturated rings. The molecule has 26 heavy (non-hydrogen) atoms. The highest BCUT2D eigenvalue weighted by molar-refractivity contribution is 8.18. The van der Waals surface area contributed by atoms with Gasteiger partial charge in [0.2, 0.25) is 0 Å². The third-order valence-electron chi connectivity index (χ3n) is 4.36. The van der Waals surface area contributed by atoms with Crippen molar-refractivity contribution in [3.63, 3.8) is 0 Å². The summed E-state index contributed by atoms with van der Waals surface area (Å²) in [5, 5.41) is 20.6. The Bertz CT molecular complexity index is 943. The monoisotopic (exact) mass is 364 g/mol. The molecule has 1 aliphatic rings. The van der Waals surface area contributed by atoms with Crippen LogP contribution >= 0.6 is 11.8 Å². The van der Waals surface area contributed by atoms with E-state index >= 15 is 0 Å². The molecule has 132 valence electrons. The fourth-order valence-electron chi connectivity index (χ4n) is 3.04. The van der Waals surface area contributed by atoms with Crippen molar-refractivity contribution >= 4 is 39.8 Å². The van der Waals surface area contributed by atoms with Crippen LogP contribution < -0.4 is 5.32 Å². The van der Waals surface area contributed by atoms with Gasteiger partial charge in [-0.15, -0.1) is 0 Å². The van der Waals surface area contributed by atoms with Crippen molar-refractivity contribution in [2.75, 3.05) is 0 Å². The highest BCUT2D eigenvalue weighted by Crippen LogP contribution is 2.28. The summed E-state index contributed by atoms with van der Waals surface area (Å²) in [7, 11) is 0. The van der Waals surface area contributed by atoms with Crippen LogP contribution in [0.1, 0.15) is 49.3 Å². The number of hydrogen-bond acceptors (Lipinski definition) is 5. The molecule has 1 aliphatic heterocycles. The Morgan fingerprint density at radius 1 is 1.35 bits per heavy atom. The van der Waals surface area contributed by atoms with E-state index in [0.717, 1.165) is 53.1 Å². The number of hydrogen-bond donors (Lipinski definition) is 2. The van der Waals surface area contributed by atoms with Crippen LogP contribution in [0, 0.1) is 16.7 Å². The van der Waals surface area contributed by atoms with Crippen molar-refractivity contribution < 1.29 is 4.79 Å². The highest BCUT2D eigenvalue weighted by atomic mass is 32.2. The number of aryl methyl sites for hydroxylation is 1. The number of fused-ring (bicyclic) bond motifs is 1. The van der Waals surface area contributed by atoms with Gasteiger partial charge in [-0.25, -0.2) is 0 Å². The summed E-state index contributed by atoms with van der Waals surface area (Å²) in [4.78, 5) is 16.7. The van der Waals surface area contributed by atoms with E-state index in [1.807, 2.05) is 18.2 Å². The number of nitriles is 1. The van der Waals surface area contributed by atoms with Crippen molar-refractivity contribution in [2.24, 2.45) is 0 Å². The fourth-order valence-corrected chi connectivity index (χ4v) is 3.74. The van der Waals surface area contributed by atoms with Crippen LogP contribution in [-0.2, 0) is 11.2 Å². The maximum absolute atomic E-state index is 11.8. The normalized spacial score (nSPS) is 15.5. The minimum Gasteiger partial charge on any atom is -0.301 e. The zero-order chi connectivity index (χ0) is 18.5. The maximum atomic E-state index is 11.8. The number of pyridine rings is 1. The third kappa shape index (κ3) is 3.94. The van der Waals surface area contributed by atoms with Crippen LogP contribution in [-0.4, -0.2) is 16.1 Å². The van der Waals surface area contributed by atoms with E-state index in [1.165, 1.54) is 12.8 Å². The van der Waals surface area contributed by atoms with Crippen molar-refractivity contribution in [1.82, 2.24) is 10.3 Å². The molecule has 1 amide bonds. The number of nitrogens with one attached hydrogen (secondary N) is 2. The van der Waals surface area contributed by atoms with Crippen molar-refractivity contribution in [1.29, 1.82) is 10.7 Å². The summed E-state index contributed by atoms with van der Waals surface area (Å²) in [6, 6.07) is 8.07. The van der Waals surface area contributed by atoms with Gasteiger partial charge in [-0.05, 0) is 53.9 Å². The molecule has 5 nitrogen and oxygen atoms in total. The molecule has 0 bridgehead atoms. The Balaban J connectivity index is 1.98. The molecule has 0 atom stereocenters. The van der Waals surface area contributed by atoms with Gasteiger partial charge < -0.3 is 5.32 Å². The van der Waals surface area contributed by atoms with Gasteiger partial charge in [0.05, 0.1) is 16.0 Å². The summed E-state index contributed by atoms with van der Waals surface area (Å²) in [5.74, 6) is -0.246. The van der Waals surface area contributed by atoms with E-state index in [-0.39, 0.29) is 11.1 Å². The number of amides is 1. The van der Waals surface area contributed by atoms with Crippen LogP contribution in [0.15, 0.2) is 29.3 Å². The SMILES string of the molecule is CCCCCCc1c(C#N)cnc2ccc(/C=C3\SC(=N)NC3=O)cc12. The van der Waals surface area contributed by atoms with Crippen LogP contribution in [0.5, 0.6) is 0 Å². The molecule has 3 rings (SSSR count). The molecule has 1 saturated heterocycles. The van der Waals surface area contributed by atoms with E-state index in [4.69, 9.17) is 5.41 Å². The molecule has 0 radical (unpaired) electrons. The number of thioether (sulfide) groups is 1. The quantitative estimate of drug-likeness (QED) is 0.588. The first-order valence-electron chi connectivity index (χ1n) is 8.73. The molecule has 0 spiro atoms. The number of nitrogens with zero attached hydrogens (tertiary/aromatic N) is 2. The Hall–Kier alpha value is -2.65. The molecule has 2 aromatic rings. The molecule has 2 heterocycles. The van der Waals surface area contributed by atoms with E-state index < -0.39 is 0 Å². The number of benzene rings is 1. The number of carbonyl (C=O) groups excluding carboxylic acids is 1. The molecule has 0 aliphatic carbocycles. The third-order valence-corrected chi connectivity index (χ3v) is 5.19. The lowest BCUT2D eigenvalue weighted by molar-refractivity contribution is -0.115. The number of rotatable bonds is 6. The summed E-state index contributed by atoms with van der Waals surface area (Å²) in [5.41, 5.74) is 3.38. The number of aromatic nitrogens is 1. The van der Waals surface area contributed by atoms with Gasteiger partial charge in [0.15, 0.2) is 5.17 Å². The van der Waals surface area contributed by atoms with Crippen molar-refractivity contribution in [3.8, 4) is 6.07 Å². The van der Waals surface area contributed by atoms with E-state index in [1.54, 1.807) is 12.3 Å². The predicted molar refractivity (Wildman–Crippen MR) is 106 cm³/mol. The molecule has 0 saturated carbocycles. The minimum atomic E-state index is -0.246. The zero-order valence-corrected chi connectivity index (χ0v) is 15.4. The van der Waals surface area contributed by atoms with Crippen LogP contribution in [0.2, 0.25) is 0 Å². The summed E-state index contributed by atoms with van der Waals surface area (Å²) < 4.78 is 0. The molecule has 2 N–H and O–H groups in total. The number of amidine groups is 1. The predicted octanol–water partition coefficient (Wildman–Crippen LogP) is 4.37. The topological polar surface area (TPSA) is 89.6 Å². The minimum absolute atomic E-state index is 0.145. The average molecular weight is 364 g/mol. The number of unbranched alkanes of at least 4 members (excludes halogenated alkanes) is 3. The first-order chi connectivity index (χ1) is 12.6. The zero-order valence-electron chi connectivity index (χ0n) is 14.6. The van der Waals surface area contributed by atoms with E-state index in [0.29, 0.717) is 10.5 Å². The van der Waals surface area contributed by atoms with Gasteiger partial charge in [-0.1, -0.05) is 32.3 Å². The molecule has 1 aromatic heterocycles. The molecule has 6 heteroatoms.